The van der Waals surface area contributed by atoms with Crippen molar-refractivity contribution < 1.29 is 0 Å². The van der Waals surface area contributed by atoms with Crippen LogP contribution in [0.15, 0.2) is 18.3 Å². The van der Waals surface area contributed by atoms with E-state index in [-0.39, 0.29) is 0 Å². The van der Waals surface area contributed by atoms with Gasteiger partial charge in [-0.15, -0.1) is 0 Å². The van der Waals surface area contributed by atoms with Crippen LogP contribution < -0.4 is 5.32 Å². The summed E-state index contributed by atoms with van der Waals surface area (Å²) in [5.74, 6) is 0. The maximum absolute atomic E-state index is 3.39. The van der Waals surface area contributed by atoms with Crippen molar-refractivity contribution in [3.8, 4) is 0 Å². The molecule has 1 aromatic heterocycles. The van der Waals surface area contributed by atoms with Gasteiger partial charge in [-0.1, -0.05) is 19.8 Å². The van der Waals surface area contributed by atoms with E-state index in [2.05, 4.69) is 23.3 Å². The molecule has 0 amide bonds. The summed E-state index contributed by atoms with van der Waals surface area (Å²) in [5.41, 5.74) is 1.27. The minimum Gasteiger partial charge on any atom is -0.364 e. The van der Waals surface area contributed by atoms with Gasteiger partial charge in [0, 0.05) is 18.4 Å². The second kappa shape index (κ2) is 5.84. The first kappa shape index (κ1) is 9.33. The summed E-state index contributed by atoms with van der Waals surface area (Å²) in [4.78, 5) is 3.17. The van der Waals surface area contributed by atoms with Crippen molar-refractivity contribution in [1.29, 1.82) is 0 Å². The highest BCUT2D eigenvalue weighted by Gasteiger charge is 1.90. The molecule has 12 heavy (non-hydrogen) atoms. The Kier molecular flexibility index (Phi) is 4.54. The average Bonchev–Trinajstić information content (AvgIpc) is 2.57. The van der Waals surface area contributed by atoms with Crippen molar-refractivity contribution in [3.05, 3.63) is 24.0 Å². The predicted molar refractivity (Wildman–Crippen MR) is 52.0 cm³/mol. The minimum atomic E-state index is 0.969. The molecule has 0 spiro atoms. The van der Waals surface area contributed by atoms with Crippen LogP contribution in [0.1, 0.15) is 31.9 Å². The summed E-state index contributed by atoms with van der Waals surface area (Å²) >= 11 is 0. The quantitative estimate of drug-likeness (QED) is 0.623. The fraction of sp³-hybridized carbons (Fsp3) is 0.600. The maximum atomic E-state index is 3.39. The zero-order chi connectivity index (χ0) is 8.65. The molecule has 0 saturated carbocycles. The third kappa shape index (κ3) is 3.58. The van der Waals surface area contributed by atoms with Gasteiger partial charge in [-0.05, 0) is 25.1 Å². The monoisotopic (exact) mass is 166 g/mol. The van der Waals surface area contributed by atoms with Crippen LogP contribution in [0, 0.1) is 0 Å². The van der Waals surface area contributed by atoms with E-state index in [0.717, 1.165) is 13.1 Å². The first-order chi connectivity index (χ1) is 5.93. The van der Waals surface area contributed by atoms with Gasteiger partial charge in [0.05, 0.1) is 0 Å². The van der Waals surface area contributed by atoms with Gasteiger partial charge in [-0.2, -0.15) is 0 Å². The normalized spacial score (nSPS) is 10.4. The lowest BCUT2D eigenvalue weighted by molar-refractivity contribution is 0.612. The molecule has 2 heteroatoms. The first-order valence-electron chi connectivity index (χ1n) is 4.76. The van der Waals surface area contributed by atoms with Crippen LogP contribution in [0.3, 0.4) is 0 Å². The van der Waals surface area contributed by atoms with Gasteiger partial charge in [-0.25, -0.2) is 0 Å². The lowest BCUT2D eigenvalue weighted by Crippen LogP contribution is -2.14. The average molecular weight is 166 g/mol. The molecule has 0 aliphatic carbocycles. The first-order valence-corrected chi connectivity index (χ1v) is 4.76. The summed E-state index contributed by atoms with van der Waals surface area (Å²) in [5, 5.41) is 3.39. The molecule has 0 atom stereocenters. The number of aromatic nitrogens is 1. The topological polar surface area (TPSA) is 27.8 Å². The molecule has 2 N–H and O–H groups in total. The van der Waals surface area contributed by atoms with Crippen molar-refractivity contribution >= 4 is 0 Å². The molecule has 0 radical (unpaired) electrons. The van der Waals surface area contributed by atoms with Crippen LogP contribution in [0.4, 0.5) is 0 Å². The van der Waals surface area contributed by atoms with Crippen LogP contribution in [0.2, 0.25) is 0 Å². The molecule has 68 valence electrons. The van der Waals surface area contributed by atoms with Gasteiger partial charge in [0.25, 0.3) is 0 Å². The molecule has 1 aromatic rings. The van der Waals surface area contributed by atoms with Gasteiger partial charge in [0.1, 0.15) is 0 Å². The van der Waals surface area contributed by atoms with Crippen molar-refractivity contribution in [2.24, 2.45) is 0 Å². The highest BCUT2D eigenvalue weighted by molar-refractivity contribution is 5.02. The van der Waals surface area contributed by atoms with Gasteiger partial charge in [0.2, 0.25) is 0 Å². The lowest BCUT2D eigenvalue weighted by Gasteiger charge is -2.01. The smallest absolute Gasteiger partial charge is 0.0357 e. The Hall–Kier alpha value is -0.760. The molecule has 2 nitrogen and oxygen atoms in total. The van der Waals surface area contributed by atoms with Crippen LogP contribution in [0.25, 0.3) is 0 Å². The molecule has 0 fully saturated rings. The molecular weight excluding hydrogens is 148 g/mol. The van der Waals surface area contributed by atoms with E-state index in [1.54, 1.807) is 0 Å². The van der Waals surface area contributed by atoms with Crippen molar-refractivity contribution in [1.82, 2.24) is 10.3 Å². The number of nitrogens with one attached hydrogen (secondary N) is 2. The molecule has 0 aliphatic heterocycles. The largest absolute Gasteiger partial charge is 0.364 e. The molecular formula is C10H18N2. The third-order valence-electron chi connectivity index (χ3n) is 1.93. The van der Waals surface area contributed by atoms with E-state index in [1.165, 1.54) is 25.0 Å². The van der Waals surface area contributed by atoms with E-state index in [1.807, 2.05) is 12.3 Å². The fourth-order valence-electron chi connectivity index (χ4n) is 1.20. The second-order valence-corrected chi connectivity index (χ2v) is 3.08. The fourth-order valence-corrected chi connectivity index (χ4v) is 1.20. The van der Waals surface area contributed by atoms with E-state index in [4.69, 9.17) is 0 Å². The second-order valence-electron chi connectivity index (χ2n) is 3.08. The van der Waals surface area contributed by atoms with Crippen molar-refractivity contribution in [2.75, 3.05) is 6.54 Å². The summed E-state index contributed by atoms with van der Waals surface area (Å²) in [7, 11) is 0. The number of H-pyrrole nitrogens is 1. The molecule has 0 unspecified atom stereocenters. The van der Waals surface area contributed by atoms with Gasteiger partial charge < -0.3 is 10.3 Å². The molecule has 0 aliphatic rings. The minimum absolute atomic E-state index is 0.969. The number of unbranched alkanes of at least 4 members (excludes halogenated alkanes) is 2. The molecule has 0 saturated heterocycles. The Morgan fingerprint density at radius 3 is 3.00 bits per heavy atom. The number of rotatable bonds is 6. The summed E-state index contributed by atoms with van der Waals surface area (Å²) in [6.45, 7) is 4.33. The Morgan fingerprint density at radius 1 is 1.42 bits per heavy atom. The summed E-state index contributed by atoms with van der Waals surface area (Å²) < 4.78 is 0. The lowest BCUT2D eigenvalue weighted by atomic mass is 10.2. The SMILES string of the molecule is CCCCCNCc1ccc[nH]1. The zero-order valence-electron chi connectivity index (χ0n) is 7.77. The molecule has 1 rings (SSSR count). The standard InChI is InChI=1S/C10H18N2/c1-2-3-4-7-11-9-10-6-5-8-12-10/h5-6,8,11-12H,2-4,7,9H2,1H3. The highest BCUT2D eigenvalue weighted by Crippen LogP contribution is 1.94. The van der Waals surface area contributed by atoms with E-state index in [9.17, 15) is 0 Å². The molecule has 0 aromatic carbocycles. The molecule has 0 bridgehead atoms. The van der Waals surface area contributed by atoms with Gasteiger partial charge >= 0.3 is 0 Å². The predicted octanol–water partition coefficient (Wildman–Crippen LogP) is 2.29. The van der Waals surface area contributed by atoms with Crippen LogP contribution in [0.5, 0.6) is 0 Å². The third-order valence-corrected chi connectivity index (χ3v) is 1.93. The van der Waals surface area contributed by atoms with Gasteiger partial charge in [-0.3, -0.25) is 0 Å². The van der Waals surface area contributed by atoms with Crippen LogP contribution >= 0.6 is 0 Å². The van der Waals surface area contributed by atoms with Crippen LogP contribution in [-0.2, 0) is 6.54 Å². The van der Waals surface area contributed by atoms with Crippen molar-refractivity contribution in [2.45, 2.75) is 32.7 Å². The summed E-state index contributed by atoms with van der Waals surface area (Å²) in [6.07, 6.45) is 5.88. The summed E-state index contributed by atoms with van der Waals surface area (Å²) in [6, 6.07) is 4.13. The highest BCUT2D eigenvalue weighted by atomic mass is 14.9. The Labute approximate surface area is 74.4 Å². The number of aromatic amines is 1. The number of hydrogen-bond acceptors (Lipinski definition) is 1. The van der Waals surface area contributed by atoms with Crippen LogP contribution in [-0.4, -0.2) is 11.5 Å². The van der Waals surface area contributed by atoms with E-state index >= 15 is 0 Å². The maximum Gasteiger partial charge on any atom is 0.0357 e. The van der Waals surface area contributed by atoms with Crippen molar-refractivity contribution in [3.63, 3.8) is 0 Å². The van der Waals surface area contributed by atoms with Gasteiger partial charge in [0.15, 0.2) is 0 Å². The zero-order valence-corrected chi connectivity index (χ0v) is 7.77. The Balaban J connectivity index is 1.96. The Morgan fingerprint density at radius 2 is 2.33 bits per heavy atom. The Bertz CT molecular complexity index is 180. The number of hydrogen-bond donors (Lipinski definition) is 2. The molecule has 1 heterocycles. The van der Waals surface area contributed by atoms with E-state index in [0.29, 0.717) is 0 Å². The van der Waals surface area contributed by atoms with E-state index < -0.39 is 0 Å².